The largest absolute Gasteiger partial charge is 0.478 e. The molecule has 0 aliphatic heterocycles. The molecule has 0 bridgehead atoms. The molecule has 0 radical (unpaired) electrons. The molecule has 0 heterocycles. The highest BCUT2D eigenvalue weighted by Gasteiger charge is 2.35. The molecular formula is C13H15FO2. The molecule has 1 aliphatic carbocycles. The Morgan fingerprint density at radius 1 is 1.25 bits per heavy atom. The summed E-state index contributed by atoms with van der Waals surface area (Å²) >= 11 is 0. The fourth-order valence-electron chi connectivity index (χ4n) is 2.52. The van der Waals surface area contributed by atoms with Crippen LogP contribution in [0.5, 0.6) is 0 Å². The number of benzene rings is 1. The summed E-state index contributed by atoms with van der Waals surface area (Å²) in [5.41, 5.74) is 0.852. The first-order valence-electron chi connectivity index (χ1n) is 5.58. The zero-order valence-electron chi connectivity index (χ0n) is 9.08. The number of carboxylic acids is 1. The van der Waals surface area contributed by atoms with Crippen molar-refractivity contribution in [2.45, 2.75) is 31.1 Å². The number of carboxylic acid groups (broad SMARTS) is 1. The lowest BCUT2D eigenvalue weighted by Gasteiger charge is -2.25. The third kappa shape index (κ3) is 1.82. The minimum Gasteiger partial charge on any atom is -0.478 e. The molecular weight excluding hydrogens is 207 g/mol. The number of hydrogen-bond acceptors (Lipinski definition) is 1. The maximum absolute atomic E-state index is 13.2. The van der Waals surface area contributed by atoms with Gasteiger partial charge < -0.3 is 5.11 Å². The summed E-state index contributed by atoms with van der Waals surface area (Å²) in [5, 5.41) is 8.79. The lowest BCUT2D eigenvalue weighted by molar-refractivity contribution is 0.0697. The summed E-state index contributed by atoms with van der Waals surface area (Å²) in [6, 6.07) is 6.64. The summed E-state index contributed by atoms with van der Waals surface area (Å²) in [5.74, 6) is -0.938. The lowest BCUT2D eigenvalue weighted by Crippen LogP contribution is -2.24. The number of hydrogen-bond donors (Lipinski definition) is 1. The molecule has 0 saturated heterocycles. The SMILES string of the molecule is O=C(O)c1ccc(C2(CF)CCCC2)cc1. The maximum atomic E-state index is 13.2. The van der Waals surface area contributed by atoms with E-state index in [9.17, 15) is 9.18 Å². The zero-order valence-corrected chi connectivity index (χ0v) is 9.08. The van der Waals surface area contributed by atoms with Gasteiger partial charge in [0, 0.05) is 5.41 Å². The molecule has 1 saturated carbocycles. The Morgan fingerprint density at radius 2 is 1.81 bits per heavy atom. The summed E-state index contributed by atoms with van der Waals surface area (Å²) < 4.78 is 13.2. The van der Waals surface area contributed by atoms with Crippen LogP contribution >= 0.6 is 0 Å². The van der Waals surface area contributed by atoms with Crippen molar-refractivity contribution >= 4 is 5.97 Å². The lowest BCUT2D eigenvalue weighted by atomic mass is 9.80. The van der Waals surface area contributed by atoms with E-state index in [1.54, 1.807) is 24.3 Å². The van der Waals surface area contributed by atoms with Crippen LogP contribution in [-0.2, 0) is 5.41 Å². The van der Waals surface area contributed by atoms with Gasteiger partial charge >= 0.3 is 5.97 Å². The summed E-state index contributed by atoms with van der Waals surface area (Å²) in [6.45, 7) is -0.348. The Morgan fingerprint density at radius 3 is 2.25 bits per heavy atom. The molecule has 1 fully saturated rings. The third-order valence-corrected chi connectivity index (χ3v) is 3.56. The average molecular weight is 222 g/mol. The van der Waals surface area contributed by atoms with Crippen molar-refractivity contribution in [3.8, 4) is 0 Å². The van der Waals surface area contributed by atoms with Crippen molar-refractivity contribution in [1.82, 2.24) is 0 Å². The van der Waals surface area contributed by atoms with Crippen LogP contribution in [0.25, 0.3) is 0 Å². The Balaban J connectivity index is 2.29. The molecule has 0 unspecified atom stereocenters. The van der Waals surface area contributed by atoms with Gasteiger partial charge in [0.25, 0.3) is 0 Å². The van der Waals surface area contributed by atoms with Crippen LogP contribution in [0.3, 0.4) is 0 Å². The van der Waals surface area contributed by atoms with Crippen molar-refractivity contribution in [2.24, 2.45) is 0 Å². The number of alkyl halides is 1. The molecule has 86 valence electrons. The Hall–Kier alpha value is -1.38. The minimum atomic E-state index is -0.938. The van der Waals surface area contributed by atoms with Gasteiger partial charge in [-0.05, 0) is 30.5 Å². The zero-order chi connectivity index (χ0) is 11.6. The predicted molar refractivity (Wildman–Crippen MR) is 59.5 cm³/mol. The van der Waals surface area contributed by atoms with Gasteiger partial charge in [-0.15, -0.1) is 0 Å². The van der Waals surface area contributed by atoms with Crippen LogP contribution in [0, 0.1) is 0 Å². The van der Waals surface area contributed by atoms with E-state index >= 15 is 0 Å². The smallest absolute Gasteiger partial charge is 0.335 e. The van der Waals surface area contributed by atoms with Crippen molar-refractivity contribution in [3.63, 3.8) is 0 Å². The molecule has 0 spiro atoms. The standard InChI is InChI=1S/C13H15FO2/c14-9-13(7-1-2-8-13)11-5-3-10(4-6-11)12(15)16/h3-6H,1-2,7-9H2,(H,15,16). The fourth-order valence-corrected chi connectivity index (χ4v) is 2.52. The maximum Gasteiger partial charge on any atom is 0.335 e. The predicted octanol–water partition coefficient (Wildman–Crippen LogP) is 3.17. The monoisotopic (exact) mass is 222 g/mol. The first-order chi connectivity index (χ1) is 7.68. The van der Waals surface area contributed by atoms with E-state index in [1.165, 1.54) is 0 Å². The fraction of sp³-hybridized carbons (Fsp3) is 0.462. The van der Waals surface area contributed by atoms with Gasteiger partial charge in [0.1, 0.15) is 0 Å². The van der Waals surface area contributed by atoms with Gasteiger partial charge in [-0.2, -0.15) is 0 Å². The number of aromatic carboxylic acids is 1. The average Bonchev–Trinajstić information content (AvgIpc) is 2.79. The van der Waals surface area contributed by atoms with Gasteiger partial charge in [0.15, 0.2) is 0 Å². The second-order valence-electron chi connectivity index (χ2n) is 4.50. The molecule has 1 aliphatic rings. The number of carbonyl (C=O) groups is 1. The molecule has 16 heavy (non-hydrogen) atoms. The second-order valence-corrected chi connectivity index (χ2v) is 4.50. The van der Waals surface area contributed by atoms with Gasteiger partial charge in [0.05, 0.1) is 12.2 Å². The van der Waals surface area contributed by atoms with E-state index in [0.717, 1.165) is 31.2 Å². The summed E-state index contributed by atoms with van der Waals surface area (Å²) in [4.78, 5) is 10.7. The highest BCUT2D eigenvalue weighted by Crippen LogP contribution is 2.41. The highest BCUT2D eigenvalue weighted by atomic mass is 19.1. The molecule has 2 rings (SSSR count). The molecule has 0 atom stereocenters. The summed E-state index contributed by atoms with van der Waals surface area (Å²) in [6.07, 6.45) is 3.86. The Labute approximate surface area is 94.1 Å². The van der Waals surface area contributed by atoms with Crippen LogP contribution in [0.1, 0.15) is 41.6 Å². The van der Waals surface area contributed by atoms with E-state index in [2.05, 4.69) is 0 Å². The first-order valence-corrected chi connectivity index (χ1v) is 5.58. The van der Waals surface area contributed by atoms with Crippen molar-refractivity contribution < 1.29 is 14.3 Å². The van der Waals surface area contributed by atoms with E-state index in [-0.39, 0.29) is 17.7 Å². The van der Waals surface area contributed by atoms with Gasteiger partial charge in [-0.25, -0.2) is 4.79 Å². The van der Waals surface area contributed by atoms with Crippen molar-refractivity contribution in [3.05, 3.63) is 35.4 Å². The van der Waals surface area contributed by atoms with Gasteiger partial charge in [-0.3, -0.25) is 4.39 Å². The van der Waals surface area contributed by atoms with E-state index < -0.39 is 5.97 Å². The molecule has 2 nitrogen and oxygen atoms in total. The Kier molecular flexibility index (Phi) is 2.95. The van der Waals surface area contributed by atoms with Gasteiger partial charge in [0.2, 0.25) is 0 Å². The summed E-state index contributed by atoms with van der Waals surface area (Å²) in [7, 11) is 0. The topological polar surface area (TPSA) is 37.3 Å². The van der Waals surface area contributed by atoms with E-state index in [1.807, 2.05) is 0 Å². The van der Waals surface area contributed by atoms with E-state index in [4.69, 9.17) is 5.11 Å². The molecule has 1 N–H and O–H groups in total. The van der Waals surface area contributed by atoms with Crippen molar-refractivity contribution in [2.75, 3.05) is 6.67 Å². The quantitative estimate of drug-likeness (QED) is 0.852. The molecule has 0 amide bonds. The van der Waals surface area contributed by atoms with Crippen LogP contribution in [0.4, 0.5) is 4.39 Å². The van der Waals surface area contributed by atoms with Crippen LogP contribution in [0.2, 0.25) is 0 Å². The minimum absolute atomic E-state index is 0.260. The van der Waals surface area contributed by atoms with Crippen molar-refractivity contribution in [1.29, 1.82) is 0 Å². The number of halogens is 1. The Bertz CT molecular complexity index is 377. The molecule has 0 aromatic heterocycles. The molecule has 3 heteroatoms. The van der Waals surface area contributed by atoms with Crippen LogP contribution in [-0.4, -0.2) is 17.8 Å². The normalized spacial score (nSPS) is 18.6. The molecule has 1 aromatic rings. The molecule has 1 aromatic carbocycles. The number of rotatable bonds is 3. The second kappa shape index (κ2) is 4.24. The van der Waals surface area contributed by atoms with Crippen LogP contribution in [0.15, 0.2) is 24.3 Å². The van der Waals surface area contributed by atoms with Crippen LogP contribution < -0.4 is 0 Å². The van der Waals surface area contributed by atoms with E-state index in [0.29, 0.717) is 0 Å². The first kappa shape index (κ1) is 11.1. The third-order valence-electron chi connectivity index (χ3n) is 3.56. The van der Waals surface area contributed by atoms with Gasteiger partial charge in [-0.1, -0.05) is 25.0 Å². The highest BCUT2D eigenvalue weighted by molar-refractivity contribution is 5.87.